The van der Waals surface area contributed by atoms with Crippen molar-refractivity contribution in [3.05, 3.63) is 59.3 Å². The Bertz CT molecular complexity index is 758. The van der Waals surface area contributed by atoms with Crippen LogP contribution in [0, 0.1) is 0 Å². The minimum Gasteiger partial charge on any atom is -0.481 e. The van der Waals surface area contributed by atoms with Crippen LogP contribution in [0.3, 0.4) is 0 Å². The van der Waals surface area contributed by atoms with E-state index in [0.717, 1.165) is 50.9 Å². The Morgan fingerprint density at radius 1 is 1.11 bits per heavy atom. The molecule has 1 aliphatic heterocycles. The number of rotatable bonds is 7. The quantitative estimate of drug-likeness (QED) is 0.561. The Balaban J connectivity index is 1.52. The first-order valence-electron chi connectivity index (χ1n) is 9.59. The van der Waals surface area contributed by atoms with Gasteiger partial charge in [0.15, 0.2) is 5.96 Å². The Hall–Kier alpha value is -2.64. The summed E-state index contributed by atoms with van der Waals surface area (Å²) in [4.78, 5) is 11.0. The fourth-order valence-corrected chi connectivity index (χ4v) is 3.11. The highest BCUT2D eigenvalue weighted by Gasteiger charge is 2.12. The van der Waals surface area contributed by atoms with Gasteiger partial charge in [-0.1, -0.05) is 30.3 Å². The molecule has 1 aromatic carbocycles. The Kier molecular flexibility index (Phi) is 7.63. The average molecular weight is 383 g/mol. The highest BCUT2D eigenvalue weighted by Crippen LogP contribution is 2.13. The molecule has 0 radical (unpaired) electrons. The second kappa shape index (κ2) is 10.6. The lowest BCUT2D eigenvalue weighted by Gasteiger charge is -2.27. The minimum atomic E-state index is 0.614. The zero-order chi connectivity index (χ0) is 19.6. The van der Waals surface area contributed by atoms with E-state index in [1.165, 1.54) is 11.1 Å². The van der Waals surface area contributed by atoms with Gasteiger partial charge in [0.05, 0.1) is 20.3 Å². The van der Waals surface area contributed by atoms with Gasteiger partial charge in [-0.3, -0.25) is 9.89 Å². The largest absolute Gasteiger partial charge is 0.481 e. The average Bonchev–Trinajstić information content (AvgIpc) is 2.76. The molecule has 7 nitrogen and oxygen atoms in total. The number of aliphatic imine (C=N–C) groups is 1. The van der Waals surface area contributed by atoms with Crippen LogP contribution in [0.5, 0.6) is 5.88 Å². The molecular weight excluding hydrogens is 354 g/mol. The molecule has 0 unspecified atom stereocenters. The number of hydrogen-bond acceptors (Lipinski definition) is 5. The Morgan fingerprint density at radius 3 is 2.54 bits per heavy atom. The number of nitrogens with one attached hydrogen (secondary N) is 2. The lowest BCUT2D eigenvalue weighted by atomic mass is 10.1. The predicted octanol–water partition coefficient (Wildman–Crippen LogP) is 1.79. The van der Waals surface area contributed by atoms with Crippen molar-refractivity contribution in [2.75, 3.05) is 40.5 Å². The maximum absolute atomic E-state index is 5.45. The number of morpholine rings is 1. The third-order valence-electron chi connectivity index (χ3n) is 4.75. The van der Waals surface area contributed by atoms with Crippen molar-refractivity contribution in [1.29, 1.82) is 0 Å². The van der Waals surface area contributed by atoms with Crippen LogP contribution in [0.2, 0.25) is 0 Å². The van der Waals surface area contributed by atoms with Gasteiger partial charge in [-0.15, -0.1) is 0 Å². The van der Waals surface area contributed by atoms with Crippen molar-refractivity contribution in [2.45, 2.75) is 19.6 Å². The van der Waals surface area contributed by atoms with Gasteiger partial charge in [-0.05, 0) is 16.7 Å². The summed E-state index contributed by atoms with van der Waals surface area (Å²) >= 11 is 0. The third kappa shape index (κ3) is 5.94. The summed E-state index contributed by atoms with van der Waals surface area (Å²) in [5.74, 6) is 1.38. The molecule has 1 saturated heterocycles. The molecule has 0 spiro atoms. The fraction of sp³-hybridized carbons (Fsp3) is 0.429. The second-order valence-electron chi connectivity index (χ2n) is 6.65. The standard InChI is InChI=1S/C21H29N5O2/c1-22-21(24-14-17-7-8-20(27-2)23-13-17)25-15-18-5-3-4-6-19(18)16-26-9-11-28-12-10-26/h3-8,13H,9-12,14-16H2,1-2H3,(H2,22,24,25). The topological polar surface area (TPSA) is 71.0 Å². The summed E-state index contributed by atoms with van der Waals surface area (Å²) in [5.41, 5.74) is 3.69. The van der Waals surface area contributed by atoms with E-state index in [9.17, 15) is 0 Å². The summed E-state index contributed by atoms with van der Waals surface area (Å²) in [7, 11) is 3.39. The molecule has 2 heterocycles. The number of hydrogen-bond donors (Lipinski definition) is 2. The maximum atomic E-state index is 5.45. The first-order chi connectivity index (χ1) is 13.8. The summed E-state index contributed by atoms with van der Waals surface area (Å²) in [6.45, 7) is 5.92. The van der Waals surface area contributed by atoms with Crippen molar-refractivity contribution in [3.63, 3.8) is 0 Å². The van der Waals surface area contributed by atoms with Crippen LogP contribution in [0.1, 0.15) is 16.7 Å². The molecule has 2 N–H and O–H groups in total. The smallest absolute Gasteiger partial charge is 0.212 e. The van der Waals surface area contributed by atoms with E-state index in [1.807, 2.05) is 12.1 Å². The van der Waals surface area contributed by atoms with Gasteiger partial charge in [0.2, 0.25) is 5.88 Å². The molecule has 0 amide bonds. The molecular formula is C21H29N5O2. The van der Waals surface area contributed by atoms with Gasteiger partial charge in [-0.25, -0.2) is 4.98 Å². The molecule has 3 rings (SSSR count). The summed E-state index contributed by atoms with van der Waals surface area (Å²) in [6, 6.07) is 12.4. The third-order valence-corrected chi connectivity index (χ3v) is 4.75. The van der Waals surface area contributed by atoms with Crippen molar-refractivity contribution in [2.24, 2.45) is 4.99 Å². The second-order valence-corrected chi connectivity index (χ2v) is 6.65. The maximum Gasteiger partial charge on any atom is 0.212 e. The summed E-state index contributed by atoms with van der Waals surface area (Å²) in [5, 5.41) is 6.73. The van der Waals surface area contributed by atoms with E-state index in [1.54, 1.807) is 20.4 Å². The minimum absolute atomic E-state index is 0.614. The molecule has 28 heavy (non-hydrogen) atoms. The van der Waals surface area contributed by atoms with E-state index in [-0.39, 0.29) is 0 Å². The van der Waals surface area contributed by atoms with Gasteiger partial charge in [-0.2, -0.15) is 0 Å². The molecule has 0 atom stereocenters. The molecule has 150 valence electrons. The summed E-state index contributed by atoms with van der Waals surface area (Å²) in [6.07, 6.45) is 1.80. The van der Waals surface area contributed by atoms with E-state index in [0.29, 0.717) is 12.4 Å². The number of benzene rings is 1. The number of nitrogens with zero attached hydrogens (tertiary/aromatic N) is 3. The van der Waals surface area contributed by atoms with E-state index in [2.05, 4.69) is 49.8 Å². The Labute approximate surface area is 166 Å². The van der Waals surface area contributed by atoms with Crippen molar-refractivity contribution >= 4 is 5.96 Å². The van der Waals surface area contributed by atoms with Crippen LogP contribution in [0.4, 0.5) is 0 Å². The van der Waals surface area contributed by atoms with Gasteiger partial charge < -0.3 is 20.1 Å². The molecule has 7 heteroatoms. The highest BCUT2D eigenvalue weighted by atomic mass is 16.5. The molecule has 0 aliphatic carbocycles. The molecule has 1 fully saturated rings. The molecule has 1 aromatic heterocycles. The van der Waals surface area contributed by atoms with Crippen LogP contribution in [0.15, 0.2) is 47.6 Å². The van der Waals surface area contributed by atoms with Gasteiger partial charge in [0, 0.05) is 52.0 Å². The lowest BCUT2D eigenvalue weighted by Crippen LogP contribution is -2.37. The molecule has 1 aliphatic rings. The number of pyridine rings is 1. The van der Waals surface area contributed by atoms with E-state index < -0.39 is 0 Å². The predicted molar refractivity (Wildman–Crippen MR) is 110 cm³/mol. The van der Waals surface area contributed by atoms with E-state index in [4.69, 9.17) is 9.47 Å². The lowest BCUT2D eigenvalue weighted by molar-refractivity contribution is 0.0341. The van der Waals surface area contributed by atoms with Gasteiger partial charge >= 0.3 is 0 Å². The van der Waals surface area contributed by atoms with Crippen LogP contribution in [-0.4, -0.2) is 56.3 Å². The monoisotopic (exact) mass is 383 g/mol. The molecule has 0 bridgehead atoms. The van der Waals surface area contributed by atoms with E-state index >= 15 is 0 Å². The normalized spacial score (nSPS) is 15.3. The molecule has 0 saturated carbocycles. The van der Waals surface area contributed by atoms with Crippen LogP contribution < -0.4 is 15.4 Å². The van der Waals surface area contributed by atoms with Crippen molar-refractivity contribution < 1.29 is 9.47 Å². The van der Waals surface area contributed by atoms with Gasteiger partial charge in [0.1, 0.15) is 0 Å². The van der Waals surface area contributed by atoms with Gasteiger partial charge in [0.25, 0.3) is 0 Å². The van der Waals surface area contributed by atoms with Crippen molar-refractivity contribution in [1.82, 2.24) is 20.5 Å². The fourth-order valence-electron chi connectivity index (χ4n) is 3.11. The number of ether oxygens (including phenoxy) is 2. The van der Waals surface area contributed by atoms with Crippen LogP contribution >= 0.6 is 0 Å². The van der Waals surface area contributed by atoms with Crippen molar-refractivity contribution in [3.8, 4) is 5.88 Å². The zero-order valence-corrected chi connectivity index (χ0v) is 16.6. The first kappa shape index (κ1) is 20.1. The number of methoxy groups -OCH3 is 1. The Morgan fingerprint density at radius 2 is 1.86 bits per heavy atom. The summed E-state index contributed by atoms with van der Waals surface area (Å²) < 4.78 is 10.5. The number of guanidine groups is 1. The zero-order valence-electron chi connectivity index (χ0n) is 16.6. The number of aromatic nitrogens is 1. The molecule has 2 aromatic rings. The van der Waals surface area contributed by atoms with Crippen LogP contribution in [0.25, 0.3) is 0 Å². The highest BCUT2D eigenvalue weighted by molar-refractivity contribution is 5.79. The first-order valence-corrected chi connectivity index (χ1v) is 9.59. The van der Waals surface area contributed by atoms with Crippen LogP contribution in [-0.2, 0) is 24.4 Å². The SMILES string of the molecule is CN=C(NCc1ccc(OC)nc1)NCc1ccccc1CN1CCOCC1.